The van der Waals surface area contributed by atoms with Gasteiger partial charge in [-0.15, -0.1) is 0 Å². The maximum atomic E-state index is 11.4. The second-order valence-electron chi connectivity index (χ2n) is 5.30. The van der Waals surface area contributed by atoms with Gasteiger partial charge < -0.3 is 30.3 Å². The van der Waals surface area contributed by atoms with E-state index in [0.29, 0.717) is 0 Å². The first-order valence-corrected chi connectivity index (χ1v) is 6.83. The lowest BCUT2D eigenvalue weighted by Crippen LogP contribution is -2.42. The predicted octanol–water partition coefficient (Wildman–Crippen LogP) is -1.18. The summed E-state index contributed by atoms with van der Waals surface area (Å²) >= 11 is 0. The smallest absolute Gasteiger partial charge is 0.333 e. The fourth-order valence-electron chi connectivity index (χ4n) is 1.92. The van der Waals surface area contributed by atoms with Crippen LogP contribution in [0.2, 0.25) is 0 Å². The molecule has 7 nitrogen and oxygen atoms in total. The summed E-state index contributed by atoms with van der Waals surface area (Å²) < 4.78 is 4.84. The minimum absolute atomic E-state index is 0.0263. The Morgan fingerprint density at radius 2 is 1.81 bits per heavy atom. The highest BCUT2D eigenvalue weighted by Gasteiger charge is 2.37. The normalized spacial score (nSPS) is 14.6. The van der Waals surface area contributed by atoms with Crippen LogP contribution in [0.4, 0.5) is 0 Å². The summed E-state index contributed by atoms with van der Waals surface area (Å²) in [7, 11) is 0. The fraction of sp³-hybridized carbons (Fsp3) is 0.786. The van der Waals surface area contributed by atoms with Crippen LogP contribution < -0.4 is 0 Å². The maximum Gasteiger partial charge on any atom is 0.333 e. The quantitative estimate of drug-likeness (QED) is 0.240. The predicted molar refractivity (Wildman–Crippen MR) is 75.3 cm³/mol. The molecule has 0 spiro atoms. The van der Waals surface area contributed by atoms with Crippen LogP contribution in [0.1, 0.15) is 19.8 Å². The van der Waals surface area contributed by atoms with Crippen molar-refractivity contribution >= 4 is 5.97 Å². The summed E-state index contributed by atoms with van der Waals surface area (Å²) in [5.74, 6) is -1.14. The van der Waals surface area contributed by atoms with Gasteiger partial charge in [-0.2, -0.15) is 0 Å². The lowest BCUT2D eigenvalue weighted by Gasteiger charge is -2.36. The van der Waals surface area contributed by atoms with E-state index in [1.807, 2.05) is 0 Å². The summed E-state index contributed by atoms with van der Waals surface area (Å²) in [5, 5.41) is 46.6. The van der Waals surface area contributed by atoms with E-state index < -0.39 is 36.6 Å². The molecule has 0 aromatic heterocycles. The Hall–Kier alpha value is -0.990. The van der Waals surface area contributed by atoms with Crippen molar-refractivity contribution in [3.63, 3.8) is 0 Å². The molecule has 0 aliphatic rings. The van der Waals surface area contributed by atoms with Crippen molar-refractivity contribution in [1.29, 1.82) is 0 Å². The van der Waals surface area contributed by atoms with Gasteiger partial charge in [0.05, 0.1) is 19.3 Å². The molecule has 0 rings (SSSR count). The van der Waals surface area contributed by atoms with Crippen molar-refractivity contribution in [3.05, 3.63) is 12.2 Å². The lowest BCUT2D eigenvalue weighted by molar-refractivity contribution is -0.143. The zero-order chi connectivity index (χ0) is 16.5. The van der Waals surface area contributed by atoms with Crippen LogP contribution in [0, 0.1) is 11.3 Å². The fourth-order valence-corrected chi connectivity index (χ4v) is 1.92. The summed E-state index contributed by atoms with van der Waals surface area (Å²) in [4.78, 5) is 11.4. The van der Waals surface area contributed by atoms with Gasteiger partial charge in [0, 0.05) is 30.6 Å². The van der Waals surface area contributed by atoms with Crippen molar-refractivity contribution in [2.24, 2.45) is 11.3 Å². The first kappa shape index (κ1) is 20.0. The van der Waals surface area contributed by atoms with E-state index in [9.17, 15) is 25.2 Å². The van der Waals surface area contributed by atoms with Crippen LogP contribution in [0.5, 0.6) is 0 Å². The van der Waals surface area contributed by atoms with Crippen LogP contribution in [-0.2, 0) is 9.53 Å². The van der Waals surface area contributed by atoms with Crippen molar-refractivity contribution in [2.75, 3.05) is 33.0 Å². The summed E-state index contributed by atoms with van der Waals surface area (Å²) in [6.07, 6.45) is -1.03. The molecule has 0 aromatic rings. The van der Waals surface area contributed by atoms with Gasteiger partial charge >= 0.3 is 5.97 Å². The molecule has 2 atom stereocenters. The number of carbonyl (C=O) groups is 1. The minimum atomic E-state index is -1.09. The Morgan fingerprint density at radius 1 is 1.24 bits per heavy atom. The Balaban J connectivity index is 4.49. The number of ether oxygens (including phenoxy) is 1. The van der Waals surface area contributed by atoms with Crippen molar-refractivity contribution in [2.45, 2.75) is 25.9 Å². The molecule has 7 heteroatoms. The monoisotopic (exact) mass is 306 g/mol. The van der Waals surface area contributed by atoms with Crippen molar-refractivity contribution in [3.8, 4) is 0 Å². The van der Waals surface area contributed by atoms with Gasteiger partial charge in [0.1, 0.15) is 6.61 Å². The largest absolute Gasteiger partial charge is 0.460 e. The third-order valence-corrected chi connectivity index (χ3v) is 3.70. The van der Waals surface area contributed by atoms with E-state index in [4.69, 9.17) is 9.84 Å². The highest BCUT2D eigenvalue weighted by Crippen LogP contribution is 2.32. The number of aliphatic hydroxyl groups is 5. The van der Waals surface area contributed by atoms with Gasteiger partial charge in [0.2, 0.25) is 0 Å². The first-order valence-electron chi connectivity index (χ1n) is 6.83. The van der Waals surface area contributed by atoms with E-state index >= 15 is 0 Å². The lowest BCUT2D eigenvalue weighted by atomic mass is 9.74. The van der Waals surface area contributed by atoms with Gasteiger partial charge in [0.25, 0.3) is 0 Å². The summed E-state index contributed by atoms with van der Waals surface area (Å²) in [6, 6.07) is 0. The van der Waals surface area contributed by atoms with Crippen molar-refractivity contribution in [1.82, 2.24) is 0 Å². The summed E-state index contributed by atoms with van der Waals surface area (Å²) in [5.41, 5.74) is -0.952. The van der Waals surface area contributed by atoms with E-state index in [2.05, 4.69) is 6.58 Å². The molecule has 0 amide bonds. The molecule has 0 bridgehead atoms. The van der Waals surface area contributed by atoms with Gasteiger partial charge in [0.15, 0.2) is 0 Å². The minimum Gasteiger partial charge on any atom is -0.460 e. The van der Waals surface area contributed by atoms with Crippen LogP contribution in [0.25, 0.3) is 0 Å². The molecule has 0 aromatic carbocycles. The van der Waals surface area contributed by atoms with Gasteiger partial charge in [-0.3, -0.25) is 0 Å². The average Bonchev–Trinajstić information content (AvgIpc) is 2.49. The van der Waals surface area contributed by atoms with Crippen LogP contribution in [-0.4, -0.2) is 70.6 Å². The Labute approximate surface area is 124 Å². The molecule has 0 saturated heterocycles. The number of hydrogen-bond donors (Lipinski definition) is 5. The number of aliphatic hydroxyl groups excluding tert-OH is 5. The number of esters is 1. The Morgan fingerprint density at radius 3 is 2.24 bits per heavy atom. The molecule has 0 aliphatic carbocycles. The number of carbonyl (C=O) groups excluding carboxylic acids is 1. The molecular weight excluding hydrogens is 280 g/mol. The van der Waals surface area contributed by atoms with E-state index in [-0.39, 0.29) is 38.2 Å². The molecule has 0 radical (unpaired) electrons. The molecule has 0 fully saturated rings. The molecule has 21 heavy (non-hydrogen) atoms. The van der Waals surface area contributed by atoms with Crippen LogP contribution in [0.15, 0.2) is 12.2 Å². The Kier molecular flexibility index (Phi) is 9.39. The van der Waals surface area contributed by atoms with Crippen LogP contribution in [0.3, 0.4) is 0 Å². The highest BCUT2D eigenvalue weighted by molar-refractivity contribution is 5.87. The molecule has 5 N–H and O–H groups in total. The molecular formula is C14H26O7. The maximum absolute atomic E-state index is 11.4. The molecule has 2 unspecified atom stereocenters. The zero-order valence-corrected chi connectivity index (χ0v) is 12.4. The third-order valence-electron chi connectivity index (χ3n) is 3.70. The third kappa shape index (κ3) is 6.11. The van der Waals surface area contributed by atoms with E-state index in [1.54, 1.807) is 6.92 Å². The Bertz CT molecular complexity index is 325. The molecule has 0 aliphatic heterocycles. The zero-order valence-electron chi connectivity index (χ0n) is 12.4. The highest BCUT2D eigenvalue weighted by atomic mass is 16.5. The van der Waals surface area contributed by atoms with E-state index in [1.165, 1.54) is 0 Å². The van der Waals surface area contributed by atoms with Crippen molar-refractivity contribution < 1.29 is 35.1 Å². The van der Waals surface area contributed by atoms with Gasteiger partial charge in [-0.05, 0) is 12.3 Å². The second kappa shape index (κ2) is 9.86. The summed E-state index contributed by atoms with van der Waals surface area (Å²) in [6.45, 7) is 3.49. The second-order valence-corrected chi connectivity index (χ2v) is 5.30. The number of rotatable bonds is 11. The molecule has 0 heterocycles. The van der Waals surface area contributed by atoms with Gasteiger partial charge in [-0.1, -0.05) is 13.5 Å². The van der Waals surface area contributed by atoms with E-state index in [0.717, 1.165) is 0 Å². The van der Waals surface area contributed by atoms with Gasteiger partial charge in [-0.25, -0.2) is 4.79 Å². The first-order chi connectivity index (χ1) is 9.86. The topological polar surface area (TPSA) is 127 Å². The molecule has 124 valence electrons. The van der Waals surface area contributed by atoms with Crippen LogP contribution >= 0.6 is 0 Å². The standard InChI is InChI=1S/C14H26O7/c1-10(3-4-15)13(20)21-7-12(19)5-14(8-17,9-18)11(2)6-16/h11-12,15-19H,1,3-9H2,2H3. The average molecular weight is 306 g/mol. The number of hydrogen-bond acceptors (Lipinski definition) is 7. The molecule has 0 saturated carbocycles. The SMILES string of the molecule is C=C(CCO)C(=O)OCC(O)CC(CO)(CO)C(C)CO.